The van der Waals surface area contributed by atoms with Gasteiger partial charge in [0.25, 0.3) is 5.91 Å². The molecule has 2 heterocycles. The molecule has 0 spiro atoms. The third-order valence-electron chi connectivity index (χ3n) is 11.4. The number of nitrogens with one attached hydrogen (secondary N) is 1. The average Bonchev–Trinajstić information content (AvgIpc) is 3.30. The first-order chi connectivity index (χ1) is 29.8. The Morgan fingerprint density at radius 2 is 1.08 bits per heavy atom. The van der Waals surface area contributed by atoms with E-state index in [1.807, 2.05) is 121 Å². The highest BCUT2D eigenvalue weighted by atomic mass is 32.2. The van der Waals surface area contributed by atoms with Crippen molar-refractivity contribution < 1.29 is 33.4 Å². The van der Waals surface area contributed by atoms with Crippen molar-refractivity contribution in [3.05, 3.63) is 191 Å². The van der Waals surface area contributed by atoms with E-state index in [9.17, 15) is 24.0 Å². The summed E-state index contributed by atoms with van der Waals surface area (Å²) < 4.78 is 12.5. The van der Waals surface area contributed by atoms with E-state index in [4.69, 9.17) is 15.2 Å². The molecule has 11 nitrogen and oxygen atoms in total. The van der Waals surface area contributed by atoms with E-state index in [1.165, 1.54) is 21.6 Å². The molecule has 310 valence electrons. The summed E-state index contributed by atoms with van der Waals surface area (Å²) in [6.07, 6.45) is 2.53. The molecule has 12 heteroatoms. The van der Waals surface area contributed by atoms with Gasteiger partial charge in [0, 0.05) is 11.8 Å². The maximum Gasteiger partial charge on any atom is 0.357 e. The number of esters is 2. The Balaban J connectivity index is 1.10. The summed E-state index contributed by atoms with van der Waals surface area (Å²) in [6, 6.07) is 43.5. The first-order valence-corrected chi connectivity index (χ1v) is 21.6. The fraction of sp³-hybridized carbons (Fsp3) is 0.245. The van der Waals surface area contributed by atoms with Gasteiger partial charge in [0.15, 0.2) is 23.8 Å². The molecule has 0 aromatic heterocycles. The standard InChI is InChI=1S/C49H46N4O7S/c50-49(58)52(37-29-17-6-18-30-37)38-31-61-46-40(45(55)53(46)41(38)48(57)60-43(35-25-13-4-14-26-35)36-27-15-5-16-28-36)51-44(54)39(32-19-7-1-8-20-32)47(56)59-42(33-21-9-2-10-22-33)34-23-11-3-12-24-34/h1-5,7-16,19-28,37,39-40,42-43,46H,6,17-18,29-31H2,(H2,50,58)(H,51,54)/t39?,40?,46-/m1/s1. The molecule has 5 aromatic rings. The van der Waals surface area contributed by atoms with Crippen molar-refractivity contribution in [3.63, 3.8) is 0 Å². The topological polar surface area (TPSA) is 148 Å². The number of hydrogen-bond donors (Lipinski definition) is 2. The first kappa shape index (κ1) is 41.1. The van der Waals surface area contributed by atoms with Crippen LogP contribution in [0, 0.1) is 0 Å². The summed E-state index contributed by atoms with van der Waals surface area (Å²) in [5.41, 5.74) is 9.54. The number of nitrogens with zero attached hydrogens (tertiary/aromatic N) is 2. The molecule has 5 aromatic carbocycles. The number of nitrogens with two attached hydrogens (primary N) is 1. The zero-order valence-electron chi connectivity index (χ0n) is 33.4. The largest absolute Gasteiger partial charge is 0.452 e. The van der Waals surface area contributed by atoms with E-state index >= 15 is 0 Å². The highest BCUT2D eigenvalue weighted by Gasteiger charge is 2.56. The van der Waals surface area contributed by atoms with Gasteiger partial charge in [-0.1, -0.05) is 171 Å². The normalized spacial score (nSPS) is 18.1. The van der Waals surface area contributed by atoms with Crippen molar-refractivity contribution in [2.45, 2.75) is 67.7 Å². The lowest BCUT2D eigenvalue weighted by Crippen LogP contribution is -2.71. The number of urea groups is 1. The quantitative estimate of drug-likeness (QED) is 0.0695. The predicted molar refractivity (Wildman–Crippen MR) is 231 cm³/mol. The third-order valence-corrected chi connectivity index (χ3v) is 12.7. The summed E-state index contributed by atoms with van der Waals surface area (Å²) in [5.74, 6) is -4.24. The lowest BCUT2D eigenvalue weighted by molar-refractivity contribution is -0.156. The Morgan fingerprint density at radius 3 is 1.54 bits per heavy atom. The number of benzene rings is 5. The lowest BCUT2D eigenvalue weighted by atomic mass is 9.93. The van der Waals surface area contributed by atoms with Gasteiger partial charge in [0.05, 0.1) is 5.70 Å². The van der Waals surface area contributed by atoms with E-state index in [-0.39, 0.29) is 17.5 Å². The van der Waals surface area contributed by atoms with Crippen molar-refractivity contribution in [2.75, 3.05) is 5.75 Å². The molecule has 3 atom stereocenters. The highest BCUT2D eigenvalue weighted by Crippen LogP contribution is 2.44. The Hall–Kier alpha value is -6.66. The van der Waals surface area contributed by atoms with Crippen LogP contribution < -0.4 is 11.1 Å². The second-order valence-electron chi connectivity index (χ2n) is 15.3. The maximum absolute atomic E-state index is 14.7. The summed E-state index contributed by atoms with van der Waals surface area (Å²) in [7, 11) is 0. The van der Waals surface area contributed by atoms with Crippen molar-refractivity contribution >= 4 is 41.5 Å². The summed E-state index contributed by atoms with van der Waals surface area (Å²) in [6.45, 7) is 0. The van der Waals surface area contributed by atoms with Gasteiger partial charge in [-0.05, 0) is 40.7 Å². The summed E-state index contributed by atoms with van der Waals surface area (Å²) >= 11 is 1.30. The molecule has 3 aliphatic rings. The van der Waals surface area contributed by atoms with Gasteiger partial charge in [-0.25, -0.2) is 9.59 Å². The highest BCUT2D eigenvalue weighted by molar-refractivity contribution is 8.00. The summed E-state index contributed by atoms with van der Waals surface area (Å²) in [4.78, 5) is 74.0. The Kier molecular flexibility index (Phi) is 12.6. The molecular weight excluding hydrogens is 789 g/mol. The first-order valence-electron chi connectivity index (χ1n) is 20.5. The zero-order chi connectivity index (χ0) is 42.3. The number of β-lactam (4-membered cyclic amide) rings is 1. The van der Waals surface area contributed by atoms with Gasteiger partial charge in [0.1, 0.15) is 11.4 Å². The summed E-state index contributed by atoms with van der Waals surface area (Å²) in [5, 5.41) is 2.09. The fourth-order valence-corrected chi connectivity index (χ4v) is 9.78. The minimum Gasteiger partial charge on any atom is -0.452 e. The number of thioether (sulfide) groups is 1. The van der Waals surface area contributed by atoms with Crippen molar-refractivity contribution in [1.29, 1.82) is 0 Å². The van der Waals surface area contributed by atoms with Crippen LogP contribution in [0.15, 0.2) is 163 Å². The number of primary amides is 1. The number of fused-ring (bicyclic) bond motifs is 1. The SMILES string of the molecule is NC(=O)N(C1=C(C(=O)OC(c2ccccc2)c2ccccc2)N2C(=O)C(NC(=O)C(C(=O)OC(c3ccccc3)c3ccccc3)c3ccccc3)[C@H]2SC1)C1CCCCC1. The number of rotatable bonds is 13. The van der Waals surface area contributed by atoms with Gasteiger partial charge in [-0.3, -0.25) is 24.2 Å². The van der Waals surface area contributed by atoms with Crippen LogP contribution >= 0.6 is 11.8 Å². The molecule has 2 unspecified atom stereocenters. The van der Waals surface area contributed by atoms with Crippen molar-refractivity contribution in [3.8, 4) is 0 Å². The lowest BCUT2D eigenvalue weighted by Gasteiger charge is -2.51. The van der Waals surface area contributed by atoms with Crippen molar-refractivity contribution in [1.82, 2.24) is 15.1 Å². The van der Waals surface area contributed by atoms with Crippen LogP contribution in [0.1, 0.15) is 78.0 Å². The predicted octanol–water partition coefficient (Wildman–Crippen LogP) is 7.76. The smallest absolute Gasteiger partial charge is 0.357 e. The molecular formula is C49H46N4O7S. The molecule has 2 aliphatic heterocycles. The number of carbonyl (C=O) groups is 5. The molecule has 3 N–H and O–H groups in total. The molecule has 4 amide bonds. The molecule has 1 saturated carbocycles. The molecule has 0 radical (unpaired) electrons. The molecule has 1 saturated heterocycles. The second-order valence-corrected chi connectivity index (χ2v) is 16.4. The van der Waals surface area contributed by atoms with Gasteiger partial charge in [-0.2, -0.15) is 0 Å². The third kappa shape index (κ3) is 8.81. The number of ether oxygens (including phenoxy) is 2. The average molecular weight is 835 g/mol. The monoisotopic (exact) mass is 834 g/mol. The Labute approximate surface area is 358 Å². The maximum atomic E-state index is 14.7. The number of amides is 4. The van der Waals surface area contributed by atoms with Gasteiger partial charge < -0.3 is 20.5 Å². The van der Waals surface area contributed by atoms with E-state index in [0.717, 1.165) is 30.4 Å². The molecule has 2 fully saturated rings. The second kappa shape index (κ2) is 18.7. The van der Waals surface area contributed by atoms with Crippen molar-refractivity contribution in [2.24, 2.45) is 5.73 Å². The van der Waals surface area contributed by atoms with Gasteiger partial charge >= 0.3 is 18.0 Å². The minimum absolute atomic E-state index is 0.0898. The van der Waals surface area contributed by atoms with Crippen LogP contribution in [-0.4, -0.2) is 62.8 Å². The zero-order valence-corrected chi connectivity index (χ0v) is 34.2. The van der Waals surface area contributed by atoms with Crippen LogP contribution in [0.4, 0.5) is 4.79 Å². The fourth-order valence-electron chi connectivity index (χ4n) is 8.44. The Bertz CT molecular complexity index is 2300. The molecule has 8 rings (SSSR count). The van der Waals surface area contributed by atoms with Gasteiger partial charge in [0.2, 0.25) is 5.91 Å². The number of hydrogen-bond acceptors (Lipinski definition) is 8. The van der Waals surface area contributed by atoms with E-state index < -0.39 is 59.3 Å². The number of carbonyl (C=O) groups excluding carboxylic acids is 5. The molecule has 1 aliphatic carbocycles. The molecule has 61 heavy (non-hydrogen) atoms. The van der Waals surface area contributed by atoms with Crippen LogP contribution in [0.5, 0.6) is 0 Å². The van der Waals surface area contributed by atoms with Gasteiger partial charge in [-0.15, -0.1) is 11.8 Å². The Morgan fingerprint density at radius 1 is 0.639 bits per heavy atom. The van der Waals surface area contributed by atoms with Crippen LogP contribution in [0.2, 0.25) is 0 Å². The van der Waals surface area contributed by atoms with E-state index in [1.54, 1.807) is 30.3 Å². The van der Waals surface area contributed by atoms with Crippen LogP contribution in [0.25, 0.3) is 0 Å². The van der Waals surface area contributed by atoms with Crippen LogP contribution in [-0.2, 0) is 28.7 Å². The molecule has 0 bridgehead atoms. The van der Waals surface area contributed by atoms with E-state index in [2.05, 4.69) is 5.32 Å². The van der Waals surface area contributed by atoms with Crippen LogP contribution in [0.3, 0.4) is 0 Å². The van der Waals surface area contributed by atoms with E-state index in [0.29, 0.717) is 35.2 Å². The minimum atomic E-state index is -1.43.